The summed E-state index contributed by atoms with van der Waals surface area (Å²) >= 11 is 0. The first-order valence-electron chi connectivity index (χ1n) is 8.68. The van der Waals surface area contributed by atoms with Crippen LogP contribution in [0.2, 0.25) is 0 Å². The lowest BCUT2D eigenvalue weighted by atomic mass is 10.2. The third-order valence-electron chi connectivity index (χ3n) is 4.28. The van der Waals surface area contributed by atoms with Crippen molar-refractivity contribution in [2.24, 2.45) is 5.16 Å². The Labute approximate surface area is 161 Å². The minimum absolute atomic E-state index is 0.315. The average Bonchev–Trinajstić information content (AvgIpc) is 3.10. The molecule has 140 valence electrons. The van der Waals surface area contributed by atoms with Crippen LogP contribution in [0, 0.1) is 0 Å². The lowest BCUT2D eigenvalue weighted by molar-refractivity contribution is 0.215. The van der Waals surface area contributed by atoms with E-state index < -0.39 is 0 Å². The van der Waals surface area contributed by atoms with Crippen LogP contribution in [0.4, 0.5) is 17.3 Å². The van der Waals surface area contributed by atoms with Gasteiger partial charge in [-0.15, -0.1) is 0 Å². The van der Waals surface area contributed by atoms with Crippen molar-refractivity contribution in [1.29, 1.82) is 0 Å². The molecular formula is C20H19N7O. The Morgan fingerprint density at radius 2 is 2.04 bits per heavy atom. The molecule has 0 saturated carbocycles. The molecule has 0 radical (unpaired) electrons. The summed E-state index contributed by atoms with van der Waals surface area (Å²) in [5.74, 6) is 0.861. The van der Waals surface area contributed by atoms with Crippen molar-refractivity contribution >= 4 is 34.4 Å². The van der Waals surface area contributed by atoms with E-state index in [2.05, 4.69) is 37.7 Å². The molecule has 0 aliphatic carbocycles. The number of aromatic nitrogens is 4. The molecule has 0 aliphatic rings. The zero-order valence-electron chi connectivity index (χ0n) is 15.3. The van der Waals surface area contributed by atoms with Crippen LogP contribution >= 0.6 is 0 Å². The van der Waals surface area contributed by atoms with Crippen LogP contribution in [0.15, 0.2) is 66.2 Å². The summed E-state index contributed by atoms with van der Waals surface area (Å²) < 4.78 is 1.98. The number of benzene rings is 2. The number of rotatable bonds is 6. The SMILES string of the molecule is CO/N=C/c1c(N)ncnc1Nc1ccc2c(cnn2Cc2ccccc2)c1. The number of nitrogens with zero attached hydrogens (tertiary/aromatic N) is 5. The Morgan fingerprint density at radius 1 is 1.18 bits per heavy atom. The van der Waals surface area contributed by atoms with Gasteiger partial charge in [0.2, 0.25) is 0 Å². The average molecular weight is 373 g/mol. The van der Waals surface area contributed by atoms with Gasteiger partial charge in [-0.25, -0.2) is 9.97 Å². The first-order chi connectivity index (χ1) is 13.7. The van der Waals surface area contributed by atoms with Gasteiger partial charge in [-0.05, 0) is 23.8 Å². The van der Waals surface area contributed by atoms with E-state index in [0.717, 1.165) is 23.1 Å². The molecule has 2 heterocycles. The van der Waals surface area contributed by atoms with Gasteiger partial charge in [0.1, 0.15) is 25.1 Å². The number of nitrogen functional groups attached to an aromatic ring is 1. The standard InChI is InChI=1S/C20H19N7O/c1-28-25-11-17-19(21)22-13-23-20(17)26-16-7-8-18-15(9-16)10-24-27(18)12-14-5-3-2-4-6-14/h2-11,13H,12H2,1H3,(H3,21,22,23,26)/b25-11+. The largest absolute Gasteiger partial charge is 0.399 e. The summed E-state index contributed by atoms with van der Waals surface area (Å²) in [6.07, 6.45) is 4.73. The molecule has 0 amide bonds. The minimum atomic E-state index is 0.315. The van der Waals surface area contributed by atoms with E-state index in [1.54, 1.807) is 0 Å². The molecule has 3 N–H and O–H groups in total. The topological polar surface area (TPSA) is 103 Å². The number of anilines is 3. The van der Waals surface area contributed by atoms with Gasteiger partial charge < -0.3 is 15.9 Å². The third kappa shape index (κ3) is 3.61. The normalized spacial score (nSPS) is 11.2. The Morgan fingerprint density at radius 3 is 2.86 bits per heavy atom. The van der Waals surface area contributed by atoms with Crippen LogP contribution in [-0.2, 0) is 11.4 Å². The van der Waals surface area contributed by atoms with E-state index in [9.17, 15) is 0 Å². The highest BCUT2D eigenvalue weighted by Crippen LogP contribution is 2.24. The van der Waals surface area contributed by atoms with E-state index in [1.807, 2.05) is 47.3 Å². The number of hydrogen-bond acceptors (Lipinski definition) is 7. The van der Waals surface area contributed by atoms with Gasteiger partial charge in [-0.1, -0.05) is 35.5 Å². The van der Waals surface area contributed by atoms with Crippen molar-refractivity contribution in [3.8, 4) is 0 Å². The summed E-state index contributed by atoms with van der Waals surface area (Å²) in [5, 5.41) is 12.6. The van der Waals surface area contributed by atoms with E-state index in [0.29, 0.717) is 17.2 Å². The summed E-state index contributed by atoms with van der Waals surface area (Å²) in [5.41, 5.74) is 9.61. The van der Waals surface area contributed by atoms with Gasteiger partial charge in [0, 0.05) is 11.1 Å². The Hall–Kier alpha value is -3.94. The number of nitrogens with one attached hydrogen (secondary N) is 1. The van der Waals surface area contributed by atoms with Crippen LogP contribution < -0.4 is 11.1 Å². The second-order valence-corrected chi connectivity index (χ2v) is 6.12. The molecule has 8 heteroatoms. The van der Waals surface area contributed by atoms with Crippen LogP contribution in [-0.4, -0.2) is 33.1 Å². The molecule has 0 bridgehead atoms. The molecule has 0 spiro atoms. The predicted molar refractivity (Wildman–Crippen MR) is 110 cm³/mol. The van der Waals surface area contributed by atoms with Gasteiger partial charge in [-0.3, -0.25) is 4.68 Å². The number of nitrogens with two attached hydrogens (primary N) is 1. The molecule has 0 unspecified atom stereocenters. The summed E-state index contributed by atoms with van der Waals surface area (Å²) in [4.78, 5) is 13.0. The molecule has 28 heavy (non-hydrogen) atoms. The van der Waals surface area contributed by atoms with Crippen molar-refractivity contribution in [2.45, 2.75) is 6.54 Å². The lowest BCUT2D eigenvalue weighted by Crippen LogP contribution is -2.05. The van der Waals surface area contributed by atoms with Crippen molar-refractivity contribution in [3.05, 3.63) is 72.2 Å². The van der Waals surface area contributed by atoms with E-state index in [-0.39, 0.29) is 0 Å². The van der Waals surface area contributed by atoms with E-state index in [4.69, 9.17) is 10.6 Å². The first-order valence-corrected chi connectivity index (χ1v) is 8.68. The fraction of sp³-hybridized carbons (Fsp3) is 0.100. The van der Waals surface area contributed by atoms with Gasteiger partial charge in [0.05, 0.1) is 30.0 Å². The fourth-order valence-corrected chi connectivity index (χ4v) is 2.93. The molecule has 4 rings (SSSR count). The van der Waals surface area contributed by atoms with E-state index >= 15 is 0 Å². The number of hydrogen-bond donors (Lipinski definition) is 2. The zero-order chi connectivity index (χ0) is 19.3. The molecule has 8 nitrogen and oxygen atoms in total. The molecule has 0 atom stereocenters. The van der Waals surface area contributed by atoms with Gasteiger partial charge in [-0.2, -0.15) is 5.10 Å². The minimum Gasteiger partial charge on any atom is -0.399 e. The quantitative estimate of drug-likeness (QED) is 0.397. The van der Waals surface area contributed by atoms with Crippen LogP contribution in [0.25, 0.3) is 10.9 Å². The van der Waals surface area contributed by atoms with Gasteiger partial charge in [0.25, 0.3) is 0 Å². The first kappa shape index (κ1) is 17.5. The highest BCUT2D eigenvalue weighted by molar-refractivity contribution is 5.93. The molecule has 4 aromatic rings. The van der Waals surface area contributed by atoms with Gasteiger partial charge in [0.15, 0.2) is 0 Å². The third-order valence-corrected chi connectivity index (χ3v) is 4.28. The maximum Gasteiger partial charge on any atom is 0.144 e. The van der Waals surface area contributed by atoms with Crippen molar-refractivity contribution < 1.29 is 4.84 Å². The summed E-state index contributed by atoms with van der Waals surface area (Å²) in [6, 6.07) is 16.3. The molecular weight excluding hydrogens is 354 g/mol. The summed E-state index contributed by atoms with van der Waals surface area (Å²) in [7, 11) is 1.46. The maximum atomic E-state index is 5.93. The Bertz CT molecular complexity index is 1120. The lowest BCUT2D eigenvalue weighted by Gasteiger charge is -2.10. The molecule has 2 aromatic carbocycles. The second-order valence-electron chi connectivity index (χ2n) is 6.12. The van der Waals surface area contributed by atoms with Crippen LogP contribution in [0.3, 0.4) is 0 Å². The molecule has 0 saturated heterocycles. The second kappa shape index (κ2) is 7.75. The fourth-order valence-electron chi connectivity index (χ4n) is 2.93. The molecule has 2 aromatic heterocycles. The monoisotopic (exact) mass is 373 g/mol. The zero-order valence-corrected chi connectivity index (χ0v) is 15.3. The van der Waals surface area contributed by atoms with Crippen LogP contribution in [0.1, 0.15) is 11.1 Å². The summed E-state index contributed by atoms with van der Waals surface area (Å²) in [6.45, 7) is 0.719. The van der Waals surface area contributed by atoms with Crippen molar-refractivity contribution in [3.63, 3.8) is 0 Å². The Balaban J connectivity index is 1.62. The van der Waals surface area contributed by atoms with Crippen molar-refractivity contribution in [2.75, 3.05) is 18.2 Å². The predicted octanol–water partition coefficient (Wildman–Crippen LogP) is 3.18. The number of oxime groups is 1. The highest BCUT2D eigenvalue weighted by Gasteiger charge is 2.10. The van der Waals surface area contributed by atoms with Gasteiger partial charge >= 0.3 is 0 Å². The van der Waals surface area contributed by atoms with Crippen LogP contribution in [0.5, 0.6) is 0 Å². The van der Waals surface area contributed by atoms with Crippen molar-refractivity contribution in [1.82, 2.24) is 19.7 Å². The Kier molecular flexibility index (Phi) is 4.83. The molecule has 0 fully saturated rings. The number of fused-ring (bicyclic) bond motifs is 1. The maximum absolute atomic E-state index is 5.93. The smallest absolute Gasteiger partial charge is 0.144 e. The van der Waals surface area contributed by atoms with E-state index in [1.165, 1.54) is 25.2 Å². The molecule has 0 aliphatic heterocycles. The highest BCUT2D eigenvalue weighted by atomic mass is 16.6.